The van der Waals surface area contributed by atoms with Crippen LogP contribution in [0.3, 0.4) is 0 Å². The summed E-state index contributed by atoms with van der Waals surface area (Å²) in [6.45, 7) is 20.3. The number of nitrogens with zero attached hydrogens (tertiary/aromatic N) is 12. The zero-order valence-electron chi connectivity index (χ0n) is 75.4. The SMILES string of the molecule is CCCCCCCCCCCCCCNc1nc(N)nc(N(CCCCCCCCCCCC)Cc2cc(CN(CCCCCCCCCCCC)c3nc(N)nc(NCCCCCCCCCCCCCC)n3)cc(CN(CCCCCCCCCCCC)c3nc(N)nc(NCCCCCCCCCCCCCC)n3)c2)n1. The molecule has 654 valence electrons. The number of nitrogen functional groups attached to an aromatic ring is 3. The van der Waals surface area contributed by atoms with Gasteiger partial charge in [0.25, 0.3) is 0 Å². The second-order valence-corrected chi connectivity index (χ2v) is 34.4. The van der Waals surface area contributed by atoms with E-state index in [1.807, 2.05) is 0 Å². The Hall–Kier alpha value is -5.55. The number of nitrogens with two attached hydrogens (primary N) is 3. The van der Waals surface area contributed by atoms with E-state index in [2.05, 4.69) is 90.4 Å². The maximum atomic E-state index is 6.75. The monoisotopic (exact) mass is 1590 g/mol. The highest BCUT2D eigenvalue weighted by molar-refractivity contribution is 5.47. The van der Waals surface area contributed by atoms with Gasteiger partial charge in [0, 0.05) is 58.9 Å². The first-order chi connectivity index (χ1) is 56.2. The van der Waals surface area contributed by atoms with Crippen LogP contribution in [0.15, 0.2) is 18.2 Å². The van der Waals surface area contributed by atoms with Crippen LogP contribution in [0.2, 0.25) is 0 Å². The molecule has 0 fully saturated rings. The summed E-state index contributed by atoms with van der Waals surface area (Å²) in [5, 5.41) is 10.8. The van der Waals surface area contributed by atoms with Crippen molar-refractivity contribution in [3.8, 4) is 0 Å². The van der Waals surface area contributed by atoms with Crippen LogP contribution in [-0.2, 0) is 19.6 Å². The number of unbranched alkanes of at least 4 members (excludes halogenated alkanes) is 60. The summed E-state index contributed by atoms with van der Waals surface area (Å²) in [6.07, 6.45) is 84.9. The van der Waals surface area contributed by atoms with Gasteiger partial charge in [-0.25, -0.2) is 0 Å². The van der Waals surface area contributed by atoms with E-state index in [1.54, 1.807) is 0 Å². The van der Waals surface area contributed by atoms with Gasteiger partial charge in [-0.3, -0.25) is 0 Å². The molecular weight excluding hydrogens is 1410 g/mol. The largest absolute Gasteiger partial charge is 0.368 e. The van der Waals surface area contributed by atoms with Gasteiger partial charge in [0.05, 0.1) is 0 Å². The van der Waals surface area contributed by atoms with Crippen LogP contribution in [0.25, 0.3) is 0 Å². The average Bonchev–Trinajstić information content (AvgIpc) is 0.816. The summed E-state index contributed by atoms with van der Waals surface area (Å²) in [5.41, 5.74) is 23.7. The predicted molar refractivity (Wildman–Crippen MR) is 497 cm³/mol. The van der Waals surface area contributed by atoms with E-state index in [-0.39, 0.29) is 17.8 Å². The van der Waals surface area contributed by atoms with Crippen molar-refractivity contribution in [3.05, 3.63) is 34.9 Å². The number of hydrogen-bond acceptors (Lipinski definition) is 18. The molecule has 0 aliphatic heterocycles. The highest BCUT2D eigenvalue weighted by Crippen LogP contribution is 2.28. The molecule has 0 saturated heterocycles. The van der Waals surface area contributed by atoms with Crippen molar-refractivity contribution in [2.75, 3.05) is 87.1 Å². The Balaban J connectivity index is 1.75. The van der Waals surface area contributed by atoms with Crippen LogP contribution in [-0.4, -0.2) is 84.1 Å². The van der Waals surface area contributed by atoms with E-state index in [1.165, 1.54) is 366 Å². The molecule has 0 aliphatic carbocycles. The fourth-order valence-electron chi connectivity index (χ4n) is 16.2. The Morgan fingerprint density at radius 1 is 0.202 bits per heavy atom. The molecule has 0 unspecified atom stereocenters. The van der Waals surface area contributed by atoms with Crippen molar-refractivity contribution in [2.45, 2.75) is 485 Å². The number of anilines is 9. The quantitative estimate of drug-likeness (QED) is 0.0225. The normalized spacial score (nSPS) is 11.5. The van der Waals surface area contributed by atoms with Gasteiger partial charge < -0.3 is 47.9 Å². The molecule has 1 aromatic carbocycles. The molecule has 3 heterocycles. The van der Waals surface area contributed by atoms with Gasteiger partial charge in [0.2, 0.25) is 53.5 Å². The Kier molecular flexibility index (Phi) is 64.2. The molecule has 18 heteroatoms. The van der Waals surface area contributed by atoms with E-state index in [0.717, 1.165) is 114 Å². The molecule has 18 nitrogen and oxygen atoms in total. The average molecular weight is 1590 g/mol. The molecule has 0 radical (unpaired) electrons. The molecule has 114 heavy (non-hydrogen) atoms. The first-order valence-electron chi connectivity index (χ1n) is 49.3. The van der Waals surface area contributed by atoms with Crippen LogP contribution < -0.4 is 47.9 Å². The van der Waals surface area contributed by atoms with Crippen molar-refractivity contribution in [3.63, 3.8) is 0 Å². The van der Waals surface area contributed by atoms with E-state index in [4.69, 9.17) is 62.1 Å². The Morgan fingerprint density at radius 2 is 0.360 bits per heavy atom. The third-order valence-corrected chi connectivity index (χ3v) is 23.3. The molecule has 3 aromatic heterocycles. The number of benzene rings is 1. The van der Waals surface area contributed by atoms with Gasteiger partial charge in [-0.05, 0) is 55.2 Å². The minimum Gasteiger partial charge on any atom is -0.368 e. The summed E-state index contributed by atoms with van der Waals surface area (Å²) in [4.78, 5) is 51.9. The smallest absolute Gasteiger partial charge is 0.232 e. The molecule has 0 spiro atoms. The standard InChI is InChI=1S/C96H180N18/c1-7-13-19-25-31-37-43-46-49-55-61-67-73-100-91-103-88(97)106-94(109-91)112(76-70-64-58-52-40-34-28-22-16-10-4)82-85-79-86(83-113(77-71-65-59-53-41-35-29-23-17-11-5)95-107-89(98)104-92(110-95)101-74-68-62-56-50-47-44-38-32-26-20-14-8-2)81-87(80-85)84-114(78-72-66-60-54-42-36-30-24-18-12-6)96-108-90(99)105-93(111-96)102-75-69-63-57-51-48-45-39-33-27-21-15-9-3/h79-81H,7-78,82-84H2,1-6H3,(H3,97,100,103,106,109)(H3,98,101,104,107,110)(H3,99,102,105,108,111). The lowest BCUT2D eigenvalue weighted by Gasteiger charge is -2.27. The Bertz CT molecular complexity index is 2500. The molecule has 4 aromatic rings. The van der Waals surface area contributed by atoms with Crippen LogP contribution in [0.4, 0.5) is 53.5 Å². The minimum absolute atomic E-state index is 0.240. The minimum atomic E-state index is 0.240. The highest BCUT2D eigenvalue weighted by atomic mass is 15.3. The highest BCUT2D eigenvalue weighted by Gasteiger charge is 2.21. The lowest BCUT2D eigenvalue weighted by molar-refractivity contribution is 0.546. The van der Waals surface area contributed by atoms with E-state index in [0.29, 0.717) is 55.3 Å². The number of hydrogen-bond donors (Lipinski definition) is 6. The summed E-state index contributed by atoms with van der Waals surface area (Å²) < 4.78 is 0. The molecule has 9 N–H and O–H groups in total. The van der Waals surface area contributed by atoms with E-state index < -0.39 is 0 Å². The van der Waals surface area contributed by atoms with Crippen LogP contribution >= 0.6 is 0 Å². The first-order valence-corrected chi connectivity index (χ1v) is 49.3. The predicted octanol–water partition coefficient (Wildman–Crippen LogP) is 28.1. The van der Waals surface area contributed by atoms with Gasteiger partial charge in [0.15, 0.2) is 0 Å². The summed E-state index contributed by atoms with van der Waals surface area (Å²) in [5.74, 6) is 4.20. The lowest BCUT2D eigenvalue weighted by atomic mass is 10.0. The second kappa shape index (κ2) is 72.7. The van der Waals surface area contributed by atoms with Crippen molar-refractivity contribution < 1.29 is 0 Å². The van der Waals surface area contributed by atoms with E-state index in [9.17, 15) is 0 Å². The number of rotatable bonds is 84. The molecule has 0 atom stereocenters. The molecule has 0 amide bonds. The molecule has 0 saturated carbocycles. The second-order valence-electron chi connectivity index (χ2n) is 34.4. The van der Waals surface area contributed by atoms with Gasteiger partial charge in [-0.2, -0.15) is 44.9 Å². The summed E-state index contributed by atoms with van der Waals surface area (Å²) >= 11 is 0. The molecule has 0 aliphatic rings. The van der Waals surface area contributed by atoms with Gasteiger partial charge in [0.1, 0.15) is 0 Å². The molecular formula is C96H180N18. The Morgan fingerprint density at radius 3 is 0.535 bits per heavy atom. The zero-order valence-corrected chi connectivity index (χ0v) is 75.4. The Labute approximate surface area is 701 Å². The maximum absolute atomic E-state index is 6.75. The topological polar surface area (TPSA) is 240 Å². The number of aromatic nitrogens is 9. The summed E-state index contributed by atoms with van der Waals surface area (Å²) in [6, 6.07) is 7.21. The van der Waals surface area contributed by atoms with Gasteiger partial charge in [-0.15, -0.1) is 0 Å². The molecule has 0 bridgehead atoms. The van der Waals surface area contributed by atoms with Crippen molar-refractivity contribution >= 4 is 53.5 Å². The molecule has 4 rings (SSSR count). The van der Waals surface area contributed by atoms with Crippen LogP contribution in [0.5, 0.6) is 0 Å². The van der Waals surface area contributed by atoms with Gasteiger partial charge >= 0.3 is 0 Å². The van der Waals surface area contributed by atoms with Crippen molar-refractivity contribution in [1.29, 1.82) is 0 Å². The summed E-state index contributed by atoms with van der Waals surface area (Å²) in [7, 11) is 0. The van der Waals surface area contributed by atoms with Crippen LogP contribution in [0, 0.1) is 0 Å². The van der Waals surface area contributed by atoms with Crippen molar-refractivity contribution in [1.82, 2.24) is 44.9 Å². The van der Waals surface area contributed by atoms with Crippen LogP contribution in [0.1, 0.15) is 482 Å². The van der Waals surface area contributed by atoms with Gasteiger partial charge in [-0.1, -0.05) is 445 Å². The van der Waals surface area contributed by atoms with E-state index >= 15 is 0 Å². The lowest BCUT2D eigenvalue weighted by Crippen LogP contribution is -2.29. The fourth-order valence-corrected chi connectivity index (χ4v) is 16.2. The van der Waals surface area contributed by atoms with Crippen molar-refractivity contribution in [2.24, 2.45) is 0 Å². The third-order valence-electron chi connectivity index (χ3n) is 23.3. The first kappa shape index (κ1) is 101. The third kappa shape index (κ3) is 54.4. The fraction of sp³-hybridized carbons (Fsp3) is 0.844. The number of nitrogens with one attached hydrogen (secondary N) is 3. The maximum Gasteiger partial charge on any atom is 0.232 e. The zero-order chi connectivity index (χ0) is 81.3.